The number of carbonyl (C=O) groups excluding carboxylic acids is 1. The topological polar surface area (TPSA) is 72.5 Å². The fraction of sp³-hybridized carbons (Fsp3) is 0.533. The van der Waals surface area contributed by atoms with Crippen LogP contribution in [0.15, 0.2) is 29.2 Å². The predicted molar refractivity (Wildman–Crippen MR) is 87.8 cm³/mol. The van der Waals surface area contributed by atoms with Crippen molar-refractivity contribution in [2.24, 2.45) is 0 Å². The van der Waals surface area contributed by atoms with Crippen LogP contribution in [0.5, 0.6) is 0 Å². The smallest absolute Gasteiger partial charge is 0.411 e. The van der Waals surface area contributed by atoms with E-state index in [-0.39, 0.29) is 4.90 Å². The quantitative estimate of drug-likeness (QED) is 0.526. The number of carbonyl (C=O) groups is 1. The van der Waals surface area contributed by atoms with E-state index in [2.05, 4.69) is 12.2 Å². The van der Waals surface area contributed by atoms with Crippen LogP contribution < -0.4 is 5.32 Å². The molecule has 1 amide bonds. The number of unbranched alkanes of at least 4 members (excludes halogenated alkanes) is 5. The molecule has 0 saturated heterocycles. The maximum absolute atomic E-state index is 11.6. The summed E-state index contributed by atoms with van der Waals surface area (Å²) in [5.41, 5.74) is 0.456. The molecule has 0 spiro atoms. The second-order valence-electron chi connectivity index (χ2n) is 4.99. The van der Waals surface area contributed by atoms with Crippen LogP contribution in [0.3, 0.4) is 0 Å². The number of ether oxygens (including phenoxy) is 1. The zero-order valence-corrected chi connectivity index (χ0v) is 14.3. The molecule has 0 heterocycles. The van der Waals surface area contributed by atoms with Crippen LogP contribution in [0.1, 0.15) is 45.4 Å². The molecule has 0 aliphatic heterocycles. The summed E-state index contributed by atoms with van der Waals surface area (Å²) in [6.07, 6.45) is 6.19. The van der Waals surface area contributed by atoms with Gasteiger partial charge in [0.15, 0.2) is 0 Å². The molecule has 0 unspecified atom stereocenters. The van der Waals surface area contributed by atoms with Crippen molar-refractivity contribution >= 4 is 31.5 Å². The van der Waals surface area contributed by atoms with Crippen molar-refractivity contribution < 1.29 is 17.9 Å². The number of hydrogen-bond acceptors (Lipinski definition) is 4. The van der Waals surface area contributed by atoms with Crippen LogP contribution in [0.2, 0.25) is 0 Å². The number of rotatable bonds is 9. The molecule has 0 radical (unpaired) electrons. The van der Waals surface area contributed by atoms with Crippen LogP contribution in [-0.2, 0) is 13.8 Å². The molecule has 0 aliphatic carbocycles. The number of hydrogen-bond donors (Lipinski definition) is 1. The third kappa shape index (κ3) is 7.66. The van der Waals surface area contributed by atoms with Crippen molar-refractivity contribution in [1.82, 2.24) is 0 Å². The van der Waals surface area contributed by atoms with E-state index in [4.69, 9.17) is 15.4 Å². The molecule has 1 aromatic carbocycles. The molecule has 0 aromatic heterocycles. The first-order chi connectivity index (χ1) is 10.4. The predicted octanol–water partition coefficient (Wildman–Crippen LogP) is 4.52. The van der Waals surface area contributed by atoms with Crippen LogP contribution in [0.25, 0.3) is 0 Å². The van der Waals surface area contributed by atoms with E-state index in [1.54, 1.807) is 0 Å². The van der Waals surface area contributed by atoms with E-state index >= 15 is 0 Å². The lowest BCUT2D eigenvalue weighted by Gasteiger charge is -2.07. The molecule has 1 aromatic rings. The average molecular weight is 348 g/mol. The van der Waals surface area contributed by atoms with Gasteiger partial charge in [-0.25, -0.2) is 13.2 Å². The van der Waals surface area contributed by atoms with Gasteiger partial charge in [-0.05, 0) is 30.7 Å². The van der Waals surface area contributed by atoms with Crippen LogP contribution in [-0.4, -0.2) is 21.1 Å². The van der Waals surface area contributed by atoms with Crippen molar-refractivity contribution in [1.29, 1.82) is 0 Å². The largest absolute Gasteiger partial charge is 0.449 e. The van der Waals surface area contributed by atoms with Crippen molar-refractivity contribution in [3.8, 4) is 0 Å². The van der Waals surface area contributed by atoms with Gasteiger partial charge in [-0.1, -0.05) is 39.0 Å². The first-order valence-electron chi connectivity index (χ1n) is 7.42. The van der Waals surface area contributed by atoms with E-state index in [1.165, 1.54) is 43.5 Å². The highest BCUT2D eigenvalue weighted by molar-refractivity contribution is 8.13. The molecule has 0 atom stereocenters. The number of halogens is 1. The summed E-state index contributed by atoms with van der Waals surface area (Å²) in [5.74, 6) is 0. The van der Waals surface area contributed by atoms with Crippen molar-refractivity contribution in [3.05, 3.63) is 24.3 Å². The summed E-state index contributed by atoms with van der Waals surface area (Å²) in [7, 11) is 1.46. The Kier molecular flexibility index (Phi) is 8.27. The van der Waals surface area contributed by atoms with Crippen LogP contribution in [0.4, 0.5) is 10.5 Å². The van der Waals surface area contributed by atoms with Gasteiger partial charge in [0.25, 0.3) is 9.05 Å². The minimum Gasteiger partial charge on any atom is -0.449 e. The fourth-order valence-corrected chi connectivity index (χ4v) is 2.67. The van der Waals surface area contributed by atoms with Crippen LogP contribution >= 0.6 is 10.7 Å². The molecule has 0 bridgehead atoms. The lowest BCUT2D eigenvalue weighted by Crippen LogP contribution is -2.14. The Bertz CT molecular complexity index is 557. The molecule has 124 valence electrons. The first-order valence-corrected chi connectivity index (χ1v) is 9.73. The second-order valence-corrected chi connectivity index (χ2v) is 7.56. The number of anilines is 1. The van der Waals surface area contributed by atoms with Gasteiger partial charge >= 0.3 is 6.09 Å². The summed E-state index contributed by atoms with van der Waals surface area (Å²) in [4.78, 5) is 11.5. The maximum Gasteiger partial charge on any atom is 0.411 e. The maximum atomic E-state index is 11.6. The Balaban J connectivity index is 2.25. The normalized spacial score (nSPS) is 11.2. The minimum atomic E-state index is -3.75. The van der Waals surface area contributed by atoms with Gasteiger partial charge in [-0.3, -0.25) is 5.32 Å². The van der Waals surface area contributed by atoms with Crippen molar-refractivity contribution in [2.75, 3.05) is 11.9 Å². The Morgan fingerprint density at radius 3 is 2.27 bits per heavy atom. The zero-order valence-electron chi connectivity index (χ0n) is 12.7. The van der Waals surface area contributed by atoms with E-state index < -0.39 is 15.1 Å². The Labute approximate surface area is 136 Å². The van der Waals surface area contributed by atoms with Gasteiger partial charge in [-0.15, -0.1) is 0 Å². The van der Waals surface area contributed by atoms with Gasteiger partial charge in [0.05, 0.1) is 11.5 Å². The highest BCUT2D eigenvalue weighted by atomic mass is 35.7. The lowest BCUT2D eigenvalue weighted by molar-refractivity contribution is 0.159. The first kappa shape index (κ1) is 18.8. The van der Waals surface area contributed by atoms with Gasteiger partial charge < -0.3 is 4.74 Å². The number of nitrogens with one attached hydrogen (secondary N) is 1. The second kappa shape index (κ2) is 9.69. The number of benzene rings is 1. The van der Waals surface area contributed by atoms with Crippen LogP contribution in [0, 0.1) is 0 Å². The molecule has 22 heavy (non-hydrogen) atoms. The summed E-state index contributed by atoms with van der Waals surface area (Å²) < 4.78 is 27.2. The van der Waals surface area contributed by atoms with Gasteiger partial charge in [0, 0.05) is 16.4 Å². The highest BCUT2D eigenvalue weighted by Crippen LogP contribution is 2.17. The molecule has 0 saturated carbocycles. The highest BCUT2D eigenvalue weighted by Gasteiger charge is 2.10. The summed E-state index contributed by atoms with van der Waals surface area (Å²) in [5, 5.41) is 2.53. The van der Waals surface area contributed by atoms with Gasteiger partial charge in [0.2, 0.25) is 0 Å². The molecular weight excluding hydrogens is 326 g/mol. The fourth-order valence-electron chi connectivity index (χ4n) is 1.90. The molecule has 1 rings (SSSR count). The summed E-state index contributed by atoms with van der Waals surface area (Å²) in [6, 6.07) is 5.57. The Morgan fingerprint density at radius 1 is 1.09 bits per heavy atom. The van der Waals surface area contributed by atoms with Crippen molar-refractivity contribution in [3.63, 3.8) is 0 Å². The molecule has 7 heteroatoms. The molecule has 1 N–H and O–H groups in total. The molecule has 0 aliphatic rings. The Morgan fingerprint density at radius 2 is 1.68 bits per heavy atom. The van der Waals surface area contributed by atoms with E-state index in [1.807, 2.05) is 0 Å². The minimum absolute atomic E-state index is 0.0137. The molecule has 0 fully saturated rings. The number of amides is 1. The lowest BCUT2D eigenvalue weighted by atomic mass is 10.1. The standard InChI is InChI=1S/C15H22ClNO4S/c1-2-3-4-5-6-7-12-21-15(18)17-13-8-10-14(11-9-13)22(16,19)20/h8-11H,2-7,12H2,1H3,(H,17,18). The Hall–Kier alpha value is -1.27. The zero-order chi connectivity index (χ0) is 16.4. The van der Waals surface area contributed by atoms with E-state index in [0.29, 0.717) is 12.3 Å². The molecular formula is C15H22ClNO4S. The van der Waals surface area contributed by atoms with E-state index in [0.717, 1.165) is 19.3 Å². The summed E-state index contributed by atoms with van der Waals surface area (Å²) >= 11 is 0. The SMILES string of the molecule is CCCCCCCCOC(=O)Nc1ccc(S(=O)(=O)Cl)cc1. The van der Waals surface area contributed by atoms with Gasteiger partial charge in [-0.2, -0.15) is 0 Å². The van der Waals surface area contributed by atoms with Crippen molar-refractivity contribution in [2.45, 2.75) is 50.3 Å². The van der Waals surface area contributed by atoms with Gasteiger partial charge in [0.1, 0.15) is 0 Å². The molecule has 5 nitrogen and oxygen atoms in total. The average Bonchev–Trinajstić information content (AvgIpc) is 2.46. The monoisotopic (exact) mass is 347 g/mol. The van der Waals surface area contributed by atoms with E-state index in [9.17, 15) is 13.2 Å². The third-order valence-electron chi connectivity index (χ3n) is 3.11. The third-order valence-corrected chi connectivity index (χ3v) is 4.48. The summed E-state index contributed by atoms with van der Waals surface area (Å²) in [6.45, 7) is 2.55.